The molecular weight excluding hydrogens is 356 g/mol. The number of Topliss-reactive ketones (excluding diaryl/α,β-unsaturated/α-hetero) is 1. The van der Waals surface area contributed by atoms with Crippen LogP contribution in [0.25, 0.3) is 6.08 Å². The highest BCUT2D eigenvalue weighted by molar-refractivity contribution is 6.01. The van der Waals surface area contributed by atoms with E-state index in [-0.39, 0.29) is 17.8 Å². The molecule has 2 aromatic carbocycles. The van der Waals surface area contributed by atoms with Crippen molar-refractivity contribution in [2.45, 2.75) is 32.3 Å². The molecule has 0 saturated heterocycles. The second-order valence-corrected chi connectivity index (χ2v) is 7.32. The molecule has 5 heteroatoms. The topological polar surface area (TPSA) is 54.0 Å². The molecule has 0 saturated carbocycles. The number of carbonyl (C=O) groups excluding carboxylic acids is 1. The lowest BCUT2D eigenvalue weighted by atomic mass is 9.98. The molecule has 1 aliphatic heterocycles. The third-order valence-corrected chi connectivity index (χ3v) is 4.75. The van der Waals surface area contributed by atoms with Crippen molar-refractivity contribution in [2.75, 3.05) is 21.3 Å². The minimum Gasteiger partial charge on any atom is -0.495 e. The van der Waals surface area contributed by atoms with Gasteiger partial charge in [-0.15, -0.1) is 0 Å². The van der Waals surface area contributed by atoms with Crippen molar-refractivity contribution >= 4 is 11.9 Å². The molecule has 0 unspecified atom stereocenters. The van der Waals surface area contributed by atoms with Gasteiger partial charge >= 0.3 is 0 Å². The molecule has 0 aromatic heterocycles. The van der Waals surface area contributed by atoms with Gasteiger partial charge in [0.25, 0.3) is 0 Å². The molecule has 0 fully saturated rings. The number of carbonyl (C=O) groups is 1. The number of rotatable bonds is 6. The summed E-state index contributed by atoms with van der Waals surface area (Å²) >= 11 is 0. The molecule has 148 valence electrons. The van der Waals surface area contributed by atoms with E-state index in [4.69, 9.17) is 18.9 Å². The first-order valence-corrected chi connectivity index (χ1v) is 9.19. The summed E-state index contributed by atoms with van der Waals surface area (Å²) in [6.45, 7) is 4.07. The van der Waals surface area contributed by atoms with E-state index in [0.717, 1.165) is 23.3 Å². The average molecular weight is 382 g/mol. The number of ketones is 1. The van der Waals surface area contributed by atoms with E-state index in [9.17, 15) is 4.79 Å². The van der Waals surface area contributed by atoms with Crippen molar-refractivity contribution in [2.24, 2.45) is 0 Å². The van der Waals surface area contributed by atoms with Crippen LogP contribution in [-0.4, -0.2) is 32.7 Å². The van der Waals surface area contributed by atoms with E-state index in [0.29, 0.717) is 22.8 Å². The van der Waals surface area contributed by atoms with Crippen LogP contribution in [0.15, 0.2) is 36.4 Å². The van der Waals surface area contributed by atoms with Crippen LogP contribution in [0, 0.1) is 0 Å². The van der Waals surface area contributed by atoms with Gasteiger partial charge in [0.1, 0.15) is 17.1 Å². The van der Waals surface area contributed by atoms with Gasteiger partial charge in [0.2, 0.25) is 0 Å². The maximum absolute atomic E-state index is 13.0. The predicted molar refractivity (Wildman–Crippen MR) is 109 cm³/mol. The quantitative estimate of drug-likeness (QED) is 0.677. The monoisotopic (exact) mass is 382 g/mol. The lowest BCUT2D eigenvalue weighted by Gasteiger charge is -2.25. The molecule has 1 aliphatic rings. The fourth-order valence-electron chi connectivity index (χ4n) is 3.34. The Hall–Kier alpha value is -2.95. The van der Waals surface area contributed by atoms with E-state index in [1.165, 1.54) is 0 Å². The van der Waals surface area contributed by atoms with Gasteiger partial charge in [-0.25, -0.2) is 0 Å². The van der Waals surface area contributed by atoms with Crippen molar-refractivity contribution in [1.82, 2.24) is 0 Å². The molecule has 0 spiro atoms. The second kappa shape index (κ2) is 7.97. The van der Waals surface area contributed by atoms with Crippen LogP contribution >= 0.6 is 0 Å². The number of methoxy groups -OCH3 is 3. The number of hydrogen-bond donors (Lipinski definition) is 0. The first-order chi connectivity index (χ1) is 13.4. The molecule has 2 aromatic rings. The number of benzene rings is 2. The average Bonchev–Trinajstić information content (AvgIpc) is 2.83. The van der Waals surface area contributed by atoms with Gasteiger partial charge in [-0.05, 0) is 43.7 Å². The van der Waals surface area contributed by atoms with Gasteiger partial charge in [0.05, 0.1) is 32.5 Å². The third kappa shape index (κ3) is 3.98. The Morgan fingerprint density at radius 3 is 2.46 bits per heavy atom. The molecule has 28 heavy (non-hydrogen) atoms. The lowest BCUT2D eigenvalue weighted by molar-refractivity contribution is 0.0989. The Balaban J connectivity index is 1.94. The molecule has 1 heterocycles. The fraction of sp³-hybridized carbons (Fsp3) is 0.348. The summed E-state index contributed by atoms with van der Waals surface area (Å²) in [7, 11) is 4.74. The van der Waals surface area contributed by atoms with E-state index >= 15 is 0 Å². The van der Waals surface area contributed by atoms with Gasteiger partial charge in [0.15, 0.2) is 17.3 Å². The molecule has 0 atom stereocenters. The van der Waals surface area contributed by atoms with Gasteiger partial charge in [0, 0.05) is 12.8 Å². The molecule has 0 bridgehead atoms. The van der Waals surface area contributed by atoms with Crippen molar-refractivity contribution in [3.05, 3.63) is 53.1 Å². The van der Waals surface area contributed by atoms with Gasteiger partial charge in [-0.3, -0.25) is 4.79 Å². The zero-order valence-corrected chi connectivity index (χ0v) is 17.0. The fourth-order valence-corrected chi connectivity index (χ4v) is 3.34. The van der Waals surface area contributed by atoms with Gasteiger partial charge in [-0.2, -0.15) is 0 Å². The minimum atomic E-state index is -0.308. The second-order valence-electron chi connectivity index (χ2n) is 7.32. The van der Waals surface area contributed by atoms with Crippen LogP contribution in [0.1, 0.15) is 41.8 Å². The summed E-state index contributed by atoms with van der Waals surface area (Å²) < 4.78 is 22.3. The van der Waals surface area contributed by atoms with E-state index in [2.05, 4.69) is 6.08 Å². The van der Waals surface area contributed by atoms with Crippen molar-refractivity contribution in [3.8, 4) is 23.0 Å². The largest absolute Gasteiger partial charge is 0.495 e. The standard InChI is InChI=1S/C23H26O5/c1-23(2)12-6-7-17-19(28-23)11-9-16(22(17)27-5)18(24)13-15-8-10-20(25-3)21(14-15)26-4/h6-11,14H,12-13H2,1-5H3. The summed E-state index contributed by atoms with van der Waals surface area (Å²) in [5.74, 6) is 2.45. The van der Waals surface area contributed by atoms with Gasteiger partial charge in [-0.1, -0.05) is 18.2 Å². The highest BCUT2D eigenvalue weighted by Crippen LogP contribution is 2.39. The molecule has 0 N–H and O–H groups in total. The number of hydrogen-bond acceptors (Lipinski definition) is 5. The summed E-state index contributed by atoms with van der Waals surface area (Å²) in [6.07, 6.45) is 5.03. The van der Waals surface area contributed by atoms with Crippen LogP contribution in [0.3, 0.4) is 0 Å². The summed E-state index contributed by atoms with van der Waals surface area (Å²) in [4.78, 5) is 13.0. The SMILES string of the molecule is COc1ccc(CC(=O)c2ccc3c(c2OC)C=CCC(C)(C)O3)cc1OC. The smallest absolute Gasteiger partial charge is 0.170 e. The number of ether oxygens (including phenoxy) is 4. The molecule has 0 radical (unpaired) electrons. The molecule has 0 aliphatic carbocycles. The maximum atomic E-state index is 13.0. The Labute approximate surface area is 165 Å². The van der Waals surface area contributed by atoms with Gasteiger partial charge < -0.3 is 18.9 Å². The van der Waals surface area contributed by atoms with E-state index in [1.807, 2.05) is 38.1 Å². The van der Waals surface area contributed by atoms with Crippen LogP contribution in [0.5, 0.6) is 23.0 Å². The molecule has 0 amide bonds. The lowest BCUT2D eigenvalue weighted by Crippen LogP contribution is -2.26. The van der Waals surface area contributed by atoms with Crippen molar-refractivity contribution < 1.29 is 23.7 Å². The van der Waals surface area contributed by atoms with Crippen molar-refractivity contribution in [1.29, 1.82) is 0 Å². The molecule has 5 nitrogen and oxygen atoms in total. The van der Waals surface area contributed by atoms with E-state index in [1.54, 1.807) is 33.5 Å². The molecule has 3 rings (SSSR count). The summed E-state index contributed by atoms with van der Waals surface area (Å²) in [6, 6.07) is 9.10. The number of fused-ring (bicyclic) bond motifs is 1. The van der Waals surface area contributed by atoms with Crippen molar-refractivity contribution in [3.63, 3.8) is 0 Å². The minimum absolute atomic E-state index is 0.0382. The summed E-state index contributed by atoms with van der Waals surface area (Å²) in [5.41, 5.74) is 1.86. The highest BCUT2D eigenvalue weighted by atomic mass is 16.5. The zero-order valence-electron chi connectivity index (χ0n) is 17.0. The van der Waals surface area contributed by atoms with Crippen LogP contribution in [-0.2, 0) is 6.42 Å². The van der Waals surface area contributed by atoms with E-state index < -0.39 is 0 Å². The normalized spacial score (nSPS) is 14.5. The Morgan fingerprint density at radius 2 is 1.79 bits per heavy atom. The predicted octanol–water partition coefficient (Wildman–Crippen LogP) is 4.71. The zero-order chi connectivity index (χ0) is 20.3. The first kappa shape index (κ1) is 19.8. The Morgan fingerprint density at radius 1 is 1.04 bits per heavy atom. The van der Waals surface area contributed by atoms with Crippen LogP contribution in [0.2, 0.25) is 0 Å². The molecular formula is C23H26O5. The third-order valence-electron chi connectivity index (χ3n) is 4.75. The van der Waals surface area contributed by atoms with Crippen LogP contribution < -0.4 is 18.9 Å². The van der Waals surface area contributed by atoms with Crippen LogP contribution in [0.4, 0.5) is 0 Å². The maximum Gasteiger partial charge on any atom is 0.170 e. The first-order valence-electron chi connectivity index (χ1n) is 9.19. The summed E-state index contributed by atoms with van der Waals surface area (Å²) in [5, 5.41) is 0. The Kier molecular flexibility index (Phi) is 5.63. The highest BCUT2D eigenvalue weighted by Gasteiger charge is 2.26. The Bertz CT molecular complexity index is 911.